The second-order valence-electron chi connectivity index (χ2n) is 2.74. The van der Waals surface area contributed by atoms with Crippen LogP contribution in [0.3, 0.4) is 0 Å². The average molecular weight is 202 g/mol. The van der Waals surface area contributed by atoms with E-state index in [4.69, 9.17) is 0 Å². The maximum absolute atomic E-state index is 11.3. The van der Waals surface area contributed by atoms with E-state index in [1.165, 1.54) is 22.2 Å². The Hall–Kier alpha value is 0.110. The highest BCUT2D eigenvalue weighted by atomic mass is 32.2. The number of carbonyl (C=O) groups excluding carboxylic acids is 1. The Kier molecular flexibility index (Phi) is 4.22. The van der Waals surface area contributed by atoms with Gasteiger partial charge in [0.05, 0.1) is 0 Å². The molecule has 0 bridgehead atoms. The summed E-state index contributed by atoms with van der Waals surface area (Å²) >= 11 is 3.67. The molecule has 0 unspecified atom stereocenters. The van der Waals surface area contributed by atoms with Gasteiger partial charge in [-0.05, 0) is 24.9 Å². The highest BCUT2D eigenvalue weighted by Crippen LogP contribution is 2.37. The van der Waals surface area contributed by atoms with Gasteiger partial charge in [-0.25, -0.2) is 0 Å². The number of hydrogen-bond donors (Lipinski definition) is 0. The summed E-state index contributed by atoms with van der Waals surface area (Å²) in [4.78, 5) is 11.3. The highest BCUT2D eigenvalue weighted by molar-refractivity contribution is 8.22. The standard InChI is InChI=1S/C9H14OS2/c1-3-8(10)7(2)9-11-5-4-6-12-9/h3-6H2,1-2H3. The maximum Gasteiger partial charge on any atom is 0.159 e. The van der Waals surface area contributed by atoms with Crippen LogP contribution in [-0.4, -0.2) is 17.3 Å². The van der Waals surface area contributed by atoms with Gasteiger partial charge in [0.15, 0.2) is 5.78 Å². The fourth-order valence-corrected chi connectivity index (χ4v) is 3.65. The van der Waals surface area contributed by atoms with Crippen LogP contribution in [0.4, 0.5) is 0 Å². The minimum absolute atomic E-state index is 0.298. The molecule has 1 saturated heterocycles. The van der Waals surface area contributed by atoms with Gasteiger partial charge in [0.2, 0.25) is 0 Å². The zero-order chi connectivity index (χ0) is 8.97. The Bertz CT molecular complexity index is 201. The molecule has 12 heavy (non-hydrogen) atoms. The summed E-state index contributed by atoms with van der Waals surface area (Å²) in [5, 5.41) is 0. The van der Waals surface area contributed by atoms with E-state index in [0.29, 0.717) is 12.2 Å². The molecule has 0 aromatic rings. The fraction of sp³-hybridized carbons (Fsp3) is 0.667. The Morgan fingerprint density at radius 2 is 2.00 bits per heavy atom. The van der Waals surface area contributed by atoms with E-state index in [1.807, 2.05) is 37.4 Å². The largest absolute Gasteiger partial charge is 0.295 e. The van der Waals surface area contributed by atoms with Crippen LogP contribution in [0.1, 0.15) is 26.7 Å². The number of allylic oxidation sites excluding steroid dienone is 1. The third-order valence-electron chi connectivity index (χ3n) is 1.80. The summed E-state index contributed by atoms with van der Waals surface area (Å²) < 4.78 is 1.26. The predicted octanol–water partition coefficient (Wildman–Crippen LogP) is 3.07. The quantitative estimate of drug-likeness (QED) is 0.641. The molecule has 0 aromatic carbocycles. The fourth-order valence-electron chi connectivity index (χ4n) is 1.03. The van der Waals surface area contributed by atoms with E-state index in [0.717, 1.165) is 5.57 Å². The van der Waals surface area contributed by atoms with E-state index >= 15 is 0 Å². The zero-order valence-corrected chi connectivity index (χ0v) is 9.19. The molecule has 0 radical (unpaired) electrons. The molecular weight excluding hydrogens is 188 g/mol. The molecule has 3 heteroatoms. The first-order valence-corrected chi connectivity index (χ1v) is 6.22. The molecular formula is C9H14OS2. The molecule has 0 aliphatic carbocycles. The Morgan fingerprint density at radius 1 is 1.42 bits per heavy atom. The molecule has 68 valence electrons. The first-order chi connectivity index (χ1) is 5.75. The van der Waals surface area contributed by atoms with Crippen molar-refractivity contribution in [2.45, 2.75) is 26.7 Å². The molecule has 1 aliphatic heterocycles. The van der Waals surface area contributed by atoms with Gasteiger partial charge < -0.3 is 0 Å². The van der Waals surface area contributed by atoms with Crippen molar-refractivity contribution in [3.63, 3.8) is 0 Å². The van der Waals surface area contributed by atoms with E-state index in [9.17, 15) is 4.79 Å². The van der Waals surface area contributed by atoms with Gasteiger partial charge in [0.25, 0.3) is 0 Å². The molecule has 1 heterocycles. The monoisotopic (exact) mass is 202 g/mol. The van der Waals surface area contributed by atoms with Crippen LogP contribution in [0.5, 0.6) is 0 Å². The van der Waals surface area contributed by atoms with Gasteiger partial charge in [-0.1, -0.05) is 6.92 Å². The first kappa shape index (κ1) is 10.2. The van der Waals surface area contributed by atoms with Gasteiger partial charge in [-0.2, -0.15) is 0 Å². The number of thioether (sulfide) groups is 2. The number of ketones is 1. The van der Waals surface area contributed by atoms with E-state index < -0.39 is 0 Å². The summed E-state index contributed by atoms with van der Waals surface area (Å²) in [6.45, 7) is 3.87. The van der Waals surface area contributed by atoms with Gasteiger partial charge in [-0.15, -0.1) is 23.5 Å². The number of carbonyl (C=O) groups is 1. The van der Waals surface area contributed by atoms with Crippen molar-refractivity contribution in [2.75, 3.05) is 11.5 Å². The Balaban J connectivity index is 2.66. The molecule has 1 aliphatic rings. The SMILES string of the molecule is CCC(=O)C(C)=C1SCCCS1. The lowest BCUT2D eigenvalue weighted by atomic mass is 10.2. The number of Topliss-reactive ketones (excluding diaryl/α,β-unsaturated/α-hetero) is 1. The van der Waals surface area contributed by atoms with Gasteiger partial charge in [0.1, 0.15) is 0 Å². The van der Waals surface area contributed by atoms with Crippen molar-refractivity contribution in [1.82, 2.24) is 0 Å². The zero-order valence-electron chi connectivity index (χ0n) is 7.55. The Morgan fingerprint density at radius 3 is 2.50 bits per heavy atom. The summed E-state index contributed by atoms with van der Waals surface area (Å²) in [5.41, 5.74) is 0.979. The van der Waals surface area contributed by atoms with E-state index in [1.54, 1.807) is 0 Å². The average Bonchev–Trinajstić information content (AvgIpc) is 2.17. The van der Waals surface area contributed by atoms with Crippen molar-refractivity contribution in [3.05, 3.63) is 9.81 Å². The molecule has 0 saturated carbocycles. The van der Waals surface area contributed by atoms with Gasteiger partial charge >= 0.3 is 0 Å². The minimum atomic E-state index is 0.298. The predicted molar refractivity (Wildman–Crippen MR) is 57.5 cm³/mol. The van der Waals surface area contributed by atoms with E-state index in [-0.39, 0.29) is 0 Å². The van der Waals surface area contributed by atoms with Crippen molar-refractivity contribution in [2.24, 2.45) is 0 Å². The van der Waals surface area contributed by atoms with Crippen LogP contribution in [-0.2, 0) is 4.79 Å². The van der Waals surface area contributed by atoms with Gasteiger partial charge in [-0.3, -0.25) is 4.79 Å². The van der Waals surface area contributed by atoms with Crippen molar-refractivity contribution in [3.8, 4) is 0 Å². The molecule has 0 aromatic heterocycles. The number of hydrogen-bond acceptors (Lipinski definition) is 3. The lowest BCUT2D eigenvalue weighted by Gasteiger charge is -2.14. The van der Waals surface area contributed by atoms with E-state index in [2.05, 4.69) is 0 Å². The van der Waals surface area contributed by atoms with Crippen LogP contribution in [0.2, 0.25) is 0 Å². The molecule has 0 spiro atoms. The molecule has 1 rings (SSSR count). The van der Waals surface area contributed by atoms with Crippen LogP contribution in [0.15, 0.2) is 9.81 Å². The topological polar surface area (TPSA) is 17.1 Å². The van der Waals surface area contributed by atoms with Crippen molar-refractivity contribution in [1.29, 1.82) is 0 Å². The summed E-state index contributed by atoms with van der Waals surface area (Å²) in [5.74, 6) is 2.65. The van der Waals surface area contributed by atoms with Gasteiger partial charge in [0, 0.05) is 16.2 Å². The van der Waals surface area contributed by atoms with Crippen LogP contribution < -0.4 is 0 Å². The molecule has 0 N–H and O–H groups in total. The normalized spacial score (nSPS) is 17.7. The number of rotatable bonds is 2. The first-order valence-electron chi connectivity index (χ1n) is 4.25. The lowest BCUT2D eigenvalue weighted by Crippen LogP contribution is -2.02. The smallest absolute Gasteiger partial charge is 0.159 e. The highest BCUT2D eigenvalue weighted by Gasteiger charge is 2.13. The minimum Gasteiger partial charge on any atom is -0.295 e. The van der Waals surface area contributed by atoms with Crippen molar-refractivity contribution < 1.29 is 4.79 Å². The van der Waals surface area contributed by atoms with Crippen molar-refractivity contribution >= 4 is 29.3 Å². The maximum atomic E-state index is 11.3. The molecule has 0 amide bonds. The molecule has 1 fully saturated rings. The molecule has 1 nitrogen and oxygen atoms in total. The third-order valence-corrected chi connectivity index (χ3v) is 4.63. The van der Waals surface area contributed by atoms with Crippen LogP contribution >= 0.6 is 23.5 Å². The second kappa shape index (κ2) is 4.97. The summed E-state index contributed by atoms with van der Waals surface area (Å²) in [7, 11) is 0. The second-order valence-corrected chi connectivity index (χ2v) is 5.21. The summed E-state index contributed by atoms with van der Waals surface area (Å²) in [6.07, 6.45) is 1.91. The van der Waals surface area contributed by atoms with Crippen LogP contribution in [0, 0.1) is 0 Å². The van der Waals surface area contributed by atoms with Crippen LogP contribution in [0.25, 0.3) is 0 Å². The third kappa shape index (κ3) is 2.56. The lowest BCUT2D eigenvalue weighted by molar-refractivity contribution is -0.115. The molecule has 0 atom stereocenters. The Labute approximate surface area is 82.4 Å². The summed E-state index contributed by atoms with van der Waals surface area (Å²) in [6, 6.07) is 0.